The first-order valence-electron chi connectivity index (χ1n) is 13.4. The van der Waals surface area contributed by atoms with Gasteiger partial charge in [0.25, 0.3) is 0 Å². The summed E-state index contributed by atoms with van der Waals surface area (Å²) in [6, 6.07) is 13.1. The number of pyridine rings is 1. The third-order valence-electron chi connectivity index (χ3n) is 7.13. The Morgan fingerprint density at radius 1 is 1.00 bits per heavy atom. The molecule has 4 rings (SSSR count). The number of nitrogens with one attached hydrogen (secondary N) is 2. The Morgan fingerprint density at radius 3 is 2.44 bits per heavy atom. The monoisotopic (exact) mass is 509 g/mol. The number of imidazole rings is 1. The Kier molecular flexibility index (Phi) is 8.38. The second-order valence-electron chi connectivity index (χ2n) is 12.2. The van der Waals surface area contributed by atoms with Gasteiger partial charge >= 0.3 is 0 Å². The molecular weight excluding hydrogens is 463 g/mol. The molecule has 0 unspecified atom stereocenters. The highest BCUT2D eigenvalue weighted by Gasteiger charge is 2.30. The topological polar surface area (TPSA) is 58.0 Å². The maximum Gasteiger partial charge on any atom is 0.204 e. The van der Waals surface area contributed by atoms with E-state index in [1.165, 1.54) is 11.7 Å². The Hall–Kier alpha value is -2.01. The van der Waals surface area contributed by atoms with Crippen LogP contribution in [-0.4, -0.2) is 83.4 Å². The van der Waals surface area contributed by atoms with Crippen molar-refractivity contribution in [3.05, 3.63) is 53.3 Å². The first-order valence-corrected chi connectivity index (χ1v) is 16.7. The minimum absolute atomic E-state index is 0.218. The van der Waals surface area contributed by atoms with E-state index in [1.807, 2.05) is 0 Å². The second-order valence-corrected chi connectivity index (χ2v) is 17.1. The highest BCUT2D eigenvalue weighted by atomic mass is 31.2. The first-order chi connectivity index (χ1) is 17.0. The summed E-state index contributed by atoms with van der Waals surface area (Å²) >= 11 is 0. The van der Waals surface area contributed by atoms with Crippen LogP contribution in [0.4, 0.5) is 5.95 Å². The molecule has 0 spiro atoms. The SMILES string of the molecule is Cc1ccc(C)c(Cn2c(NC3CCN(CCNC(C)(C)C[P+](C)(C)C)CC3)nc3ccccc32)n1. The van der Waals surface area contributed by atoms with E-state index in [0.29, 0.717) is 6.04 Å². The van der Waals surface area contributed by atoms with Gasteiger partial charge in [-0.15, -0.1) is 0 Å². The molecule has 1 saturated heterocycles. The van der Waals surface area contributed by atoms with Gasteiger partial charge in [-0.25, -0.2) is 4.98 Å². The molecule has 6 nitrogen and oxygen atoms in total. The van der Waals surface area contributed by atoms with Crippen molar-refractivity contribution in [2.45, 2.75) is 58.7 Å². The molecule has 2 N–H and O–H groups in total. The van der Waals surface area contributed by atoms with Crippen LogP contribution in [0.15, 0.2) is 36.4 Å². The van der Waals surface area contributed by atoms with E-state index in [4.69, 9.17) is 9.97 Å². The molecule has 2 aromatic heterocycles. The minimum Gasteiger partial charge on any atom is -0.353 e. The van der Waals surface area contributed by atoms with Crippen LogP contribution in [-0.2, 0) is 6.54 Å². The number of aryl methyl sites for hydroxylation is 2. The van der Waals surface area contributed by atoms with Crippen LogP contribution >= 0.6 is 7.26 Å². The molecule has 0 atom stereocenters. The van der Waals surface area contributed by atoms with Crippen LogP contribution in [0.5, 0.6) is 0 Å². The Balaban J connectivity index is 1.36. The number of fused-ring (bicyclic) bond motifs is 1. The quantitative estimate of drug-likeness (QED) is 0.366. The molecule has 0 radical (unpaired) electrons. The van der Waals surface area contributed by atoms with Crippen molar-refractivity contribution in [1.82, 2.24) is 24.8 Å². The normalized spacial score (nSPS) is 16.1. The van der Waals surface area contributed by atoms with Crippen molar-refractivity contribution in [3.63, 3.8) is 0 Å². The fourth-order valence-electron chi connectivity index (χ4n) is 5.61. The summed E-state index contributed by atoms with van der Waals surface area (Å²) in [6.45, 7) is 21.4. The molecule has 0 amide bonds. The van der Waals surface area contributed by atoms with Gasteiger partial charge in [0.05, 0.1) is 29.4 Å². The van der Waals surface area contributed by atoms with Crippen molar-refractivity contribution < 1.29 is 0 Å². The number of likely N-dealkylation sites (tertiary alicyclic amines) is 1. The summed E-state index contributed by atoms with van der Waals surface area (Å²) in [5.74, 6) is 0.964. The van der Waals surface area contributed by atoms with E-state index in [2.05, 4.69) is 104 Å². The van der Waals surface area contributed by atoms with Crippen LogP contribution in [0.3, 0.4) is 0 Å². The molecule has 3 heterocycles. The van der Waals surface area contributed by atoms with Crippen molar-refractivity contribution in [1.29, 1.82) is 0 Å². The molecule has 36 heavy (non-hydrogen) atoms. The summed E-state index contributed by atoms with van der Waals surface area (Å²) in [6.07, 6.45) is 3.56. The van der Waals surface area contributed by atoms with E-state index < -0.39 is 7.26 Å². The van der Waals surface area contributed by atoms with Crippen molar-refractivity contribution in [2.75, 3.05) is 57.7 Å². The lowest BCUT2D eigenvalue weighted by Crippen LogP contribution is -2.48. The third kappa shape index (κ3) is 7.27. The van der Waals surface area contributed by atoms with Gasteiger partial charge in [-0.3, -0.25) is 4.98 Å². The summed E-state index contributed by atoms with van der Waals surface area (Å²) < 4.78 is 2.31. The maximum atomic E-state index is 4.98. The standard InChI is InChI=1S/C29H46N6P/c1-22-12-13-23(2)31-26(22)20-35-27-11-9-8-10-25(27)33-28(35)32-24-14-17-34(18-15-24)19-16-30-29(3,4)21-36(5,6)7/h8-13,24,30H,14-21H2,1-7H3,(H,32,33)/q+1. The predicted octanol–water partition coefficient (Wildman–Crippen LogP) is 5.25. The van der Waals surface area contributed by atoms with Crippen molar-refractivity contribution >= 4 is 24.2 Å². The molecule has 1 aliphatic heterocycles. The largest absolute Gasteiger partial charge is 0.353 e. The molecular formula is C29H46N6P+. The molecule has 3 aromatic rings. The van der Waals surface area contributed by atoms with Gasteiger partial charge < -0.3 is 20.1 Å². The molecule has 1 aliphatic rings. The van der Waals surface area contributed by atoms with E-state index in [1.54, 1.807) is 0 Å². The highest BCUT2D eigenvalue weighted by Crippen LogP contribution is 2.48. The minimum atomic E-state index is -0.791. The van der Waals surface area contributed by atoms with Crippen LogP contribution in [0, 0.1) is 13.8 Å². The maximum absolute atomic E-state index is 4.98. The molecule has 196 valence electrons. The Labute approximate surface area is 218 Å². The number of benzene rings is 1. The van der Waals surface area contributed by atoms with Crippen LogP contribution < -0.4 is 10.6 Å². The number of piperidine rings is 1. The van der Waals surface area contributed by atoms with E-state index in [9.17, 15) is 0 Å². The van der Waals surface area contributed by atoms with Gasteiger partial charge in [0.1, 0.15) is 0 Å². The fourth-order valence-corrected chi connectivity index (χ4v) is 8.10. The van der Waals surface area contributed by atoms with Gasteiger partial charge in [-0.2, -0.15) is 0 Å². The highest BCUT2D eigenvalue weighted by molar-refractivity contribution is 7.73. The lowest BCUT2D eigenvalue weighted by Gasteiger charge is -2.34. The van der Waals surface area contributed by atoms with Crippen molar-refractivity contribution in [3.8, 4) is 0 Å². The number of hydrogen-bond acceptors (Lipinski definition) is 5. The summed E-state index contributed by atoms with van der Waals surface area (Å²) in [5, 5.41) is 7.62. The number of rotatable bonds is 10. The van der Waals surface area contributed by atoms with Gasteiger partial charge in [-0.05, 0) is 64.3 Å². The average Bonchev–Trinajstić information content (AvgIpc) is 3.12. The van der Waals surface area contributed by atoms with E-state index in [-0.39, 0.29) is 5.54 Å². The number of para-hydroxylation sites is 2. The summed E-state index contributed by atoms with van der Waals surface area (Å²) in [7, 11) is -0.791. The zero-order valence-electron chi connectivity index (χ0n) is 23.4. The second kappa shape index (κ2) is 11.2. The van der Waals surface area contributed by atoms with Crippen LogP contribution in [0.2, 0.25) is 0 Å². The number of anilines is 1. The van der Waals surface area contributed by atoms with Gasteiger partial charge in [0.15, 0.2) is 0 Å². The van der Waals surface area contributed by atoms with Gasteiger partial charge in [0.2, 0.25) is 5.95 Å². The number of nitrogens with zero attached hydrogens (tertiary/aromatic N) is 4. The Morgan fingerprint density at radius 2 is 1.72 bits per heavy atom. The molecule has 0 bridgehead atoms. The molecule has 0 saturated carbocycles. The molecule has 1 aromatic carbocycles. The fraction of sp³-hybridized carbons (Fsp3) is 0.586. The summed E-state index contributed by atoms with van der Waals surface area (Å²) in [4.78, 5) is 12.4. The smallest absolute Gasteiger partial charge is 0.204 e. The van der Waals surface area contributed by atoms with Crippen LogP contribution in [0.25, 0.3) is 11.0 Å². The number of aromatic nitrogens is 3. The summed E-state index contributed by atoms with van der Waals surface area (Å²) in [5.41, 5.74) is 5.80. The van der Waals surface area contributed by atoms with E-state index >= 15 is 0 Å². The zero-order valence-corrected chi connectivity index (χ0v) is 24.3. The molecule has 1 fully saturated rings. The lowest BCUT2D eigenvalue weighted by atomic mass is 10.1. The molecule has 0 aliphatic carbocycles. The Bertz CT molecular complexity index is 1150. The average molecular weight is 510 g/mol. The van der Waals surface area contributed by atoms with E-state index in [0.717, 1.165) is 73.9 Å². The van der Waals surface area contributed by atoms with Gasteiger partial charge in [-0.1, -0.05) is 18.2 Å². The van der Waals surface area contributed by atoms with Crippen LogP contribution in [0.1, 0.15) is 43.6 Å². The zero-order chi connectivity index (χ0) is 25.9. The van der Waals surface area contributed by atoms with Crippen molar-refractivity contribution in [2.24, 2.45) is 0 Å². The van der Waals surface area contributed by atoms with Gasteiger partial charge in [0, 0.05) is 70.7 Å². The predicted molar refractivity (Wildman–Crippen MR) is 157 cm³/mol. The molecule has 7 heteroatoms. The number of hydrogen-bond donors (Lipinski definition) is 2. The first kappa shape index (κ1) is 27.0. The lowest BCUT2D eigenvalue weighted by molar-refractivity contribution is 0.213. The third-order valence-corrected chi connectivity index (χ3v) is 8.86.